The Bertz CT molecular complexity index is 3320. The Kier molecular flexibility index (Phi) is 10.7. The molecule has 3 unspecified atom stereocenters. The summed E-state index contributed by atoms with van der Waals surface area (Å²) >= 11 is 0. The standard InChI is InChI=1S/C61H50F2N4/c1-4-13-58-42(2)57-41-54(38-39-61(57,3)67(58)52-16-9-6-10-17-52)65(51-34-26-46(63)27-35-51)49-30-22-44(23-31-49)43-20-28-48(29-21-43)64(50-32-24-45(62)25-33-50)53-36-37-60-56(40-53)55-18-11-12-19-59(55)66(60)47-14-7-5-8-15-47/h4-24,26-41,45,57H,25H2,1-3H3/b13-4-. The van der Waals surface area contributed by atoms with Gasteiger partial charge in [0.1, 0.15) is 12.0 Å². The minimum atomic E-state index is -1.00. The van der Waals surface area contributed by atoms with Crippen molar-refractivity contribution in [3.05, 3.63) is 253 Å². The molecule has 0 N–H and O–H groups in total. The lowest BCUT2D eigenvalue weighted by Gasteiger charge is -2.42. The number of benzene rings is 7. The van der Waals surface area contributed by atoms with Crippen LogP contribution in [0.2, 0.25) is 0 Å². The van der Waals surface area contributed by atoms with Gasteiger partial charge in [-0.2, -0.15) is 0 Å². The van der Waals surface area contributed by atoms with E-state index in [1.165, 1.54) is 28.8 Å². The maximum absolute atomic E-state index is 14.5. The molecule has 1 aliphatic heterocycles. The molecule has 7 aromatic carbocycles. The number of para-hydroxylation sites is 3. The van der Waals surface area contributed by atoms with Gasteiger partial charge in [0.15, 0.2) is 0 Å². The third-order valence-electron chi connectivity index (χ3n) is 13.6. The summed E-state index contributed by atoms with van der Waals surface area (Å²) in [6.07, 6.45) is 16.1. The van der Waals surface area contributed by atoms with E-state index in [1.54, 1.807) is 6.08 Å². The molecule has 0 saturated heterocycles. The normalized spacial score (nSPS) is 19.0. The van der Waals surface area contributed by atoms with Crippen molar-refractivity contribution < 1.29 is 8.78 Å². The zero-order valence-corrected chi connectivity index (χ0v) is 37.8. The van der Waals surface area contributed by atoms with Crippen LogP contribution in [-0.4, -0.2) is 16.3 Å². The van der Waals surface area contributed by atoms with E-state index in [4.69, 9.17) is 0 Å². The number of anilines is 5. The fourth-order valence-corrected chi connectivity index (χ4v) is 10.4. The highest BCUT2D eigenvalue weighted by Gasteiger charge is 2.47. The van der Waals surface area contributed by atoms with Crippen LogP contribution in [0.3, 0.4) is 0 Å². The minimum Gasteiger partial charge on any atom is -0.331 e. The number of nitrogens with zero attached hydrogens (tertiary/aromatic N) is 4. The molecule has 2 heterocycles. The summed E-state index contributed by atoms with van der Waals surface area (Å²) in [5.41, 5.74) is 14.6. The van der Waals surface area contributed by atoms with Crippen LogP contribution in [0.15, 0.2) is 247 Å². The maximum atomic E-state index is 14.5. The van der Waals surface area contributed by atoms with Crippen LogP contribution >= 0.6 is 0 Å². The fraction of sp³-hybridized carbons (Fsp3) is 0.115. The number of hydrogen-bond donors (Lipinski definition) is 0. The molecule has 3 aliphatic rings. The van der Waals surface area contributed by atoms with Gasteiger partial charge in [0.2, 0.25) is 0 Å². The largest absolute Gasteiger partial charge is 0.331 e. The van der Waals surface area contributed by atoms with E-state index in [-0.39, 0.29) is 17.3 Å². The zero-order valence-electron chi connectivity index (χ0n) is 37.8. The SMILES string of the molecule is C/C=C\C1=C(C)C2C=C(N(c3ccc(F)cc3)c3ccc(-c4ccc(N(C5=CCC(F)C=C5)c5ccc6c(c5)c5ccccc5n6-c5ccccc5)cc4)cc3)C=CC2(C)N1c1ccccc1. The first-order valence-corrected chi connectivity index (χ1v) is 23.1. The smallest absolute Gasteiger partial charge is 0.123 e. The van der Waals surface area contributed by atoms with Crippen molar-refractivity contribution in [3.8, 4) is 16.8 Å². The van der Waals surface area contributed by atoms with Crippen molar-refractivity contribution >= 4 is 50.2 Å². The summed E-state index contributed by atoms with van der Waals surface area (Å²) in [5.74, 6) is -0.182. The highest BCUT2D eigenvalue weighted by atomic mass is 19.1. The number of hydrogen-bond acceptors (Lipinski definition) is 3. The van der Waals surface area contributed by atoms with Crippen LogP contribution in [0.4, 0.5) is 37.2 Å². The third kappa shape index (κ3) is 7.39. The molecule has 1 aromatic heterocycles. The summed E-state index contributed by atoms with van der Waals surface area (Å²) in [7, 11) is 0. The lowest BCUT2D eigenvalue weighted by Crippen LogP contribution is -2.46. The van der Waals surface area contributed by atoms with Crippen LogP contribution in [-0.2, 0) is 0 Å². The predicted molar refractivity (Wildman–Crippen MR) is 276 cm³/mol. The number of fused-ring (bicyclic) bond motifs is 4. The van der Waals surface area contributed by atoms with Crippen LogP contribution in [0.25, 0.3) is 38.6 Å². The lowest BCUT2D eigenvalue weighted by molar-refractivity contribution is 0.400. The van der Waals surface area contributed by atoms with E-state index >= 15 is 0 Å². The second kappa shape index (κ2) is 17.1. The first kappa shape index (κ1) is 41.7. The Labute approximate surface area is 391 Å². The number of alkyl halides is 1. The van der Waals surface area contributed by atoms with E-state index in [0.717, 1.165) is 73.1 Å². The molecule has 67 heavy (non-hydrogen) atoms. The Morgan fingerprint density at radius 3 is 1.81 bits per heavy atom. The van der Waals surface area contributed by atoms with Gasteiger partial charge in [0.25, 0.3) is 0 Å². The topological polar surface area (TPSA) is 14.7 Å². The predicted octanol–water partition coefficient (Wildman–Crippen LogP) is 16.2. The van der Waals surface area contributed by atoms with Gasteiger partial charge >= 0.3 is 0 Å². The fourth-order valence-electron chi connectivity index (χ4n) is 10.4. The minimum absolute atomic E-state index is 0.0917. The second-order valence-electron chi connectivity index (χ2n) is 17.7. The van der Waals surface area contributed by atoms with E-state index < -0.39 is 6.17 Å². The molecule has 328 valence electrons. The van der Waals surface area contributed by atoms with Gasteiger partial charge in [0, 0.05) is 74.3 Å². The van der Waals surface area contributed by atoms with Gasteiger partial charge in [0.05, 0.1) is 16.6 Å². The summed E-state index contributed by atoms with van der Waals surface area (Å²) < 4.78 is 31.3. The van der Waals surface area contributed by atoms with Gasteiger partial charge in [-0.3, -0.25) is 0 Å². The van der Waals surface area contributed by atoms with Crippen molar-refractivity contribution in [3.63, 3.8) is 0 Å². The zero-order chi connectivity index (χ0) is 45.6. The van der Waals surface area contributed by atoms with E-state index in [9.17, 15) is 8.78 Å². The van der Waals surface area contributed by atoms with Crippen LogP contribution in [0.5, 0.6) is 0 Å². The Morgan fingerprint density at radius 1 is 0.612 bits per heavy atom. The second-order valence-corrected chi connectivity index (χ2v) is 17.7. The number of halogens is 2. The molecule has 0 fully saturated rings. The lowest BCUT2D eigenvalue weighted by atomic mass is 9.79. The Balaban J connectivity index is 0.934. The van der Waals surface area contributed by atoms with Crippen molar-refractivity contribution in [2.45, 2.75) is 38.9 Å². The molecule has 0 radical (unpaired) electrons. The molecule has 4 nitrogen and oxygen atoms in total. The van der Waals surface area contributed by atoms with Gasteiger partial charge in [-0.1, -0.05) is 103 Å². The third-order valence-corrected chi connectivity index (χ3v) is 13.6. The summed E-state index contributed by atoms with van der Waals surface area (Å²) in [6, 6.07) is 60.2. The first-order valence-electron chi connectivity index (χ1n) is 23.1. The average molecular weight is 877 g/mol. The molecular formula is C61H50F2N4. The van der Waals surface area contributed by atoms with Gasteiger partial charge in [-0.25, -0.2) is 8.78 Å². The quantitative estimate of drug-likeness (QED) is 0.136. The monoisotopic (exact) mass is 876 g/mol. The van der Waals surface area contributed by atoms with Crippen LogP contribution < -0.4 is 14.7 Å². The molecular weight excluding hydrogens is 827 g/mol. The molecule has 0 amide bonds. The first-order chi connectivity index (χ1) is 32.8. The van der Waals surface area contributed by atoms with Gasteiger partial charge in [-0.15, -0.1) is 0 Å². The Morgan fingerprint density at radius 2 is 1.18 bits per heavy atom. The molecule has 3 atom stereocenters. The Hall–Kier alpha value is -7.96. The van der Waals surface area contributed by atoms with Crippen LogP contribution in [0.1, 0.15) is 27.2 Å². The average Bonchev–Trinajstić information content (AvgIpc) is 3.81. The highest BCUT2D eigenvalue weighted by Crippen LogP contribution is 2.50. The maximum Gasteiger partial charge on any atom is 0.123 e. The van der Waals surface area contributed by atoms with Crippen molar-refractivity contribution in [1.82, 2.24) is 4.57 Å². The number of allylic oxidation sites excluding steroid dienone is 6. The summed E-state index contributed by atoms with van der Waals surface area (Å²) in [4.78, 5) is 6.89. The highest BCUT2D eigenvalue weighted by molar-refractivity contribution is 6.10. The van der Waals surface area contributed by atoms with Crippen molar-refractivity contribution in [2.75, 3.05) is 14.7 Å². The molecule has 0 bridgehead atoms. The molecule has 6 heteroatoms. The molecule has 2 aliphatic carbocycles. The van der Waals surface area contributed by atoms with Gasteiger partial charge < -0.3 is 19.3 Å². The molecule has 0 saturated carbocycles. The van der Waals surface area contributed by atoms with Crippen molar-refractivity contribution in [2.24, 2.45) is 5.92 Å². The molecule has 0 spiro atoms. The van der Waals surface area contributed by atoms with E-state index in [1.807, 2.05) is 30.4 Å². The van der Waals surface area contributed by atoms with Crippen LogP contribution in [0, 0.1) is 11.7 Å². The molecule has 11 rings (SSSR count). The van der Waals surface area contributed by atoms with Gasteiger partial charge in [-0.05, 0) is 159 Å². The van der Waals surface area contributed by atoms with Crippen molar-refractivity contribution in [1.29, 1.82) is 0 Å². The summed E-state index contributed by atoms with van der Waals surface area (Å²) in [6.45, 7) is 6.61. The number of aromatic nitrogens is 1. The molecule has 8 aromatic rings. The summed E-state index contributed by atoms with van der Waals surface area (Å²) in [5, 5.41) is 2.32. The number of rotatable bonds is 10. The van der Waals surface area contributed by atoms with E-state index in [2.05, 4.69) is 216 Å². The van der Waals surface area contributed by atoms with E-state index in [0.29, 0.717) is 6.42 Å².